The lowest BCUT2D eigenvalue weighted by molar-refractivity contribution is 0.0930. The summed E-state index contributed by atoms with van der Waals surface area (Å²) in [6, 6.07) is 2.67. The molecule has 1 aromatic heterocycles. The number of nitrogens with zero attached hydrogens (tertiary/aromatic N) is 1. The standard InChI is InChI=1S/C16H20N2O2S/c19-9-2-1-4-13-10-12(11-21-13)16(20)17-14-6-8-18-7-3-5-15(14)18/h10-11,14-15,19H,2-3,5-9H2,(H,17,20). The van der Waals surface area contributed by atoms with Gasteiger partial charge in [0, 0.05) is 30.4 Å². The van der Waals surface area contributed by atoms with E-state index < -0.39 is 0 Å². The van der Waals surface area contributed by atoms with Gasteiger partial charge in [0.15, 0.2) is 0 Å². The normalized spacial score (nSPS) is 24.4. The van der Waals surface area contributed by atoms with Crippen LogP contribution in [0.15, 0.2) is 11.4 Å². The Bertz CT molecular complexity index is 572. The van der Waals surface area contributed by atoms with Crippen molar-refractivity contribution in [3.8, 4) is 11.8 Å². The monoisotopic (exact) mass is 304 g/mol. The number of aliphatic hydroxyl groups is 1. The first-order chi connectivity index (χ1) is 10.3. The van der Waals surface area contributed by atoms with Gasteiger partial charge in [-0.05, 0) is 31.9 Å². The minimum Gasteiger partial charge on any atom is -0.395 e. The lowest BCUT2D eigenvalue weighted by atomic mass is 10.1. The maximum atomic E-state index is 12.3. The van der Waals surface area contributed by atoms with Crippen LogP contribution in [0.1, 0.15) is 40.9 Å². The second-order valence-corrected chi connectivity index (χ2v) is 6.50. The summed E-state index contributed by atoms with van der Waals surface area (Å²) in [6.07, 6.45) is 3.98. The smallest absolute Gasteiger partial charge is 0.252 e. The number of thiophene rings is 1. The second kappa shape index (κ2) is 6.61. The Labute approximate surface area is 129 Å². The fourth-order valence-electron chi connectivity index (χ4n) is 3.23. The van der Waals surface area contributed by atoms with Gasteiger partial charge in [0.25, 0.3) is 5.91 Å². The van der Waals surface area contributed by atoms with Crippen LogP contribution in [0.2, 0.25) is 0 Å². The number of nitrogens with one attached hydrogen (secondary N) is 1. The van der Waals surface area contributed by atoms with E-state index in [0.29, 0.717) is 24.1 Å². The summed E-state index contributed by atoms with van der Waals surface area (Å²) in [5, 5.41) is 13.8. The van der Waals surface area contributed by atoms with Crippen molar-refractivity contribution in [1.82, 2.24) is 10.2 Å². The first-order valence-corrected chi connectivity index (χ1v) is 8.39. The van der Waals surface area contributed by atoms with Crippen molar-refractivity contribution < 1.29 is 9.90 Å². The molecular formula is C16H20N2O2S. The third-order valence-electron chi connectivity index (χ3n) is 4.23. The molecule has 2 fully saturated rings. The van der Waals surface area contributed by atoms with Gasteiger partial charge < -0.3 is 10.4 Å². The molecule has 0 aromatic carbocycles. The number of aliphatic hydroxyl groups excluding tert-OH is 1. The lowest BCUT2D eigenvalue weighted by Gasteiger charge is -2.20. The van der Waals surface area contributed by atoms with Crippen molar-refractivity contribution in [3.63, 3.8) is 0 Å². The first kappa shape index (κ1) is 14.6. The van der Waals surface area contributed by atoms with Gasteiger partial charge in [-0.2, -0.15) is 0 Å². The van der Waals surface area contributed by atoms with Crippen molar-refractivity contribution >= 4 is 17.2 Å². The summed E-state index contributed by atoms with van der Waals surface area (Å²) in [7, 11) is 0. The molecule has 21 heavy (non-hydrogen) atoms. The van der Waals surface area contributed by atoms with Crippen molar-refractivity contribution in [3.05, 3.63) is 21.9 Å². The largest absolute Gasteiger partial charge is 0.395 e. The summed E-state index contributed by atoms with van der Waals surface area (Å²) in [6.45, 7) is 2.36. The molecular weight excluding hydrogens is 284 g/mol. The maximum Gasteiger partial charge on any atom is 0.252 e. The molecule has 2 N–H and O–H groups in total. The molecule has 3 rings (SSSR count). The number of carbonyl (C=O) groups excluding carboxylic acids is 1. The van der Waals surface area contributed by atoms with Crippen molar-refractivity contribution in [2.45, 2.75) is 37.8 Å². The average molecular weight is 304 g/mol. The summed E-state index contributed by atoms with van der Waals surface area (Å²) < 4.78 is 0. The molecule has 3 heterocycles. The van der Waals surface area contributed by atoms with Crippen molar-refractivity contribution in [2.75, 3.05) is 19.7 Å². The van der Waals surface area contributed by atoms with Crippen LogP contribution in [0.5, 0.6) is 0 Å². The Kier molecular flexibility index (Phi) is 4.59. The Balaban J connectivity index is 1.60. The molecule has 0 saturated carbocycles. The predicted octanol–water partition coefficient (Wildman–Crippen LogP) is 1.45. The van der Waals surface area contributed by atoms with E-state index in [9.17, 15) is 4.79 Å². The number of hydrogen-bond acceptors (Lipinski definition) is 4. The zero-order valence-electron chi connectivity index (χ0n) is 12.0. The molecule has 4 nitrogen and oxygen atoms in total. The van der Waals surface area contributed by atoms with Crippen LogP contribution in [0, 0.1) is 11.8 Å². The first-order valence-electron chi connectivity index (χ1n) is 7.51. The molecule has 0 radical (unpaired) electrons. The number of amides is 1. The molecule has 0 bridgehead atoms. The lowest BCUT2D eigenvalue weighted by Crippen LogP contribution is -2.42. The third-order valence-corrected chi connectivity index (χ3v) is 5.08. The third kappa shape index (κ3) is 3.29. The molecule has 5 heteroatoms. The molecule has 2 saturated heterocycles. The summed E-state index contributed by atoms with van der Waals surface area (Å²) in [5.74, 6) is 5.86. The zero-order chi connectivity index (χ0) is 14.7. The highest BCUT2D eigenvalue weighted by atomic mass is 32.1. The number of fused-ring (bicyclic) bond motifs is 1. The van der Waals surface area contributed by atoms with Crippen LogP contribution in [0.4, 0.5) is 0 Å². The summed E-state index contributed by atoms with van der Waals surface area (Å²) in [4.78, 5) is 15.7. The molecule has 1 aromatic rings. The van der Waals surface area contributed by atoms with Gasteiger partial charge in [0.2, 0.25) is 0 Å². The van der Waals surface area contributed by atoms with Crippen molar-refractivity contribution in [1.29, 1.82) is 0 Å². The van der Waals surface area contributed by atoms with Crippen molar-refractivity contribution in [2.24, 2.45) is 0 Å². The van der Waals surface area contributed by atoms with Crippen LogP contribution >= 0.6 is 11.3 Å². The van der Waals surface area contributed by atoms with Crippen LogP contribution in [-0.4, -0.2) is 47.7 Å². The molecule has 1 amide bonds. The highest BCUT2D eigenvalue weighted by molar-refractivity contribution is 7.10. The quantitative estimate of drug-likeness (QED) is 0.831. The van der Waals surface area contributed by atoms with E-state index in [4.69, 9.17) is 5.11 Å². The fraction of sp³-hybridized carbons (Fsp3) is 0.562. The van der Waals surface area contributed by atoms with Gasteiger partial charge in [0.05, 0.1) is 17.0 Å². The van der Waals surface area contributed by atoms with Crippen LogP contribution in [0.3, 0.4) is 0 Å². The van der Waals surface area contributed by atoms with Gasteiger partial charge in [-0.1, -0.05) is 11.8 Å². The van der Waals surface area contributed by atoms with Gasteiger partial charge in [-0.3, -0.25) is 9.69 Å². The van der Waals surface area contributed by atoms with Gasteiger partial charge in [-0.25, -0.2) is 0 Å². The van der Waals surface area contributed by atoms with Gasteiger partial charge >= 0.3 is 0 Å². The minimum absolute atomic E-state index is 0.0141. The highest BCUT2D eigenvalue weighted by Crippen LogP contribution is 2.28. The number of hydrogen-bond donors (Lipinski definition) is 2. The predicted molar refractivity (Wildman–Crippen MR) is 83.4 cm³/mol. The summed E-state index contributed by atoms with van der Waals surface area (Å²) >= 11 is 1.48. The number of carbonyl (C=O) groups is 1. The number of rotatable bonds is 3. The van der Waals surface area contributed by atoms with E-state index in [2.05, 4.69) is 22.1 Å². The van der Waals surface area contributed by atoms with E-state index in [1.165, 1.54) is 30.7 Å². The highest BCUT2D eigenvalue weighted by Gasteiger charge is 2.37. The SMILES string of the molecule is O=C(NC1CCN2CCCC12)c1csc(C#CCCO)c1. The van der Waals surface area contributed by atoms with Crippen LogP contribution < -0.4 is 5.32 Å². The molecule has 112 valence electrons. The molecule has 0 aliphatic carbocycles. The van der Waals surface area contributed by atoms with Gasteiger partial charge in [0.1, 0.15) is 0 Å². The van der Waals surface area contributed by atoms with E-state index in [0.717, 1.165) is 17.8 Å². The van der Waals surface area contributed by atoms with Crippen LogP contribution in [0.25, 0.3) is 0 Å². The Morgan fingerprint density at radius 3 is 3.24 bits per heavy atom. The Hall–Kier alpha value is -1.35. The molecule has 2 aliphatic rings. The maximum absolute atomic E-state index is 12.3. The molecule has 2 aliphatic heterocycles. The molecule has 0 spiro atoms. The minimum atomic E-state index is 0.0141. The Morgan fingerprint density at radius 2 is 2.38 bits per heavy atom. The molecule has 2 unspecified atom stereocenters. The van der Waals surface area contributed by atoms with E-state index in [1.807, 2.05) is 11.4 Å². The average Bonchev–Trinajstić information content (AvgIpc) is 3.17. The molecule has 2 atom stereocenters. The van der Waals surface area contributed by atoms with E-state index >= 15 is 0 Å². The Morgan fingerprint density at radius 1 is 1.48 bits per heavy atom. The zero-order valence-corrected chi connectivity index (χ0v) is 12.8. The second-order valence-electron chi connectivity index (χ2n) is 5.59. The topological polar surface area (TPSA) is 52.6 Å². The summed E-state index contributed by atoms with van der Waals surface area (Å²) in [5.41, 5.74) is 0.699. The van der Waals surface area contributed by atoms with E-state index in [-0.39, 0.29) is 12.5 Å². The van der Waals surface area contributed by atoms with Crippen LogP contribution in [-0.2, 0) is 0 Å². The fourth-order valence-corrected chi connectivity index (χ4v) is 3.98. The van der Waals surface area contributed by atoms with E-state index in [1.54, 1.807) is 0 Å². The van der Waals surface area contributed by atoms with Gasteiger partial charge in [-0.15, -0.1) is 11.3 Å².